The fourth-order valence-corrected chi connectivity index (χ4v) is 3.92. The summed E-state index contributed by atoms with van der Waals surface area (Å²) < 4.78 is 31.9. The maximum Gasteiger partial charge on any atom is 0.229 e. The van der Waals surface area contributed by atoms with E-state index in [0.717, 1.165) is 33.2 Å². The highest BCUT2D eigenvalue weighted by Gasteiger charge is 2.21. The number of nitrogens with one attached hydrogen (secondary N) is 1. The third-order valence-corrected chi connectivity index (χ3v) is 5.22. The zero-order chi connectivity index (χ0) is 21.1. The zero-order valence-corrected chi connectivity index (χ0v) is 19.1. The van der Waals surface area contributed by atoms with Gasteiger partial charge < -0.3 is 9.84 Å². The number of sulfonamides is 1. The zero-order valence-electron chi connectivity index (χ0n) is 16.7. The van der Waals surface area contributed by atoms with Gasteiger partial charge in [0, 0.05) is 21.3 Å². The number of hydrogen-bond donors (Lipinski definition) is 2. The summed E-state index contributed by atoms with van der Waals surface area (Å²) in [6.07, 6.45) is 4.90. The molecular formula is C21H26BrNO4S. The average Bonchev–Trinajstić information content (AvgIpc) is 2.57. The van der Waals surface area contributed by atoms with E-state index in [-0.39, 0.29) is 12.0 Å². The third kappa shape index (κ3) is 5.83. The van der Waals surface area contributed by atoms with Gasteiger partial charge in [0.1, 0.15) is 5.75 Å². The molecular weight excluding hydrogens is 442 g/mol. The number of aliphatic hydroxyl groups excluding tert-OH is 1. The molecule has 0 aliphatic rings. The van der Waals surface area contributed by atoms with Crippen LogP contribution in [0.2, 0.25) is 0 Å². The van der Waals surface area contributed by atoms with Gasteiger partial charge in [-0.2, -0.15) is 0 Å². The molecule has 5 nitrogen and oxygen atoms in total. The van der Waals surface area contributed by atoms with E-state index in [1.165, 1.54) is 0 Å². The van der Waals surface area contributed by atoms with Gasteiger partial charge in [0.25, 0.3) is 0 Å². The molecule has 0 saturated carbocycles. The number of ether oxygens (including phenoxy) is 1. The monoisotopic (exact) mass is 467 g/mol. The van der Waals surface area contributed by atoms with Gasteiger partial charge in [0.05, 0.1) is 20.0 Å². The predicted molar refractivity (Wildman–Crippen MR) is 119 cm³/mol. The minimum Gasteiger partial charge on any atom is -0.496 e. The van der Waals surface area contributed by atoms with Crippen LogP contribution in [0.1, 0.15) is 43.0 Å². The molecule has 0 radical (unpaired) electrons. The molecule has 7 heteroatoms. The number of benzene rings is 2. The van der Waals surface area contributed by atoms with E-state index in [4.69, 9.17) is 4.74 Å². The molecule has 152 valence electrons. The molecule has 2 aromatic carbocycles. The lowest BCUT2D eigenvalue weighted by molar-refractivity contribution is 0.281. The number of halogens is 1. The van der Waals surface area contributed by atoms with Gasteiger partial charge in [0.15, 0.2) is 0 Å². The Morgan fingerprint density at radius 3 is 2.32 bits per heavy atom. The van der Waals surface area contributed by atoms with Crippen LogP contribution in [0.25, 0.3) is 12.2 Å². The Balaban J connectivity index is 2.47. The van der Waals surface area contributed by atoms with Gasteiger partial charge in [0.2, 0.25) is 10.0 Å². The number of methoxy groups -OCH3 is 1. The maximum absolute atomic E-state index is 11.4. The smallest absolute Gasteiger partial charge is 0.229 e. The first-order valence-corrected chi connectivity index (χ1v) is 11.4. The van der Waals surface area contributed by atoms with E-state index in [2.05, 4.69) is 47.5 Å². The molecule has 0 aliphatic carbocycles. The minimum absolute atomic E-state index is 0.0903. The number of rotatable bonds is 6. The molecule has 2 rings (SSSR count). The fraction of sp³-hybridized carbons (Fsp3) is 0.333. The highest BCUT2D eigenvalue weighted by molar-refractivity contribution is 9.10. The number of aliphatic hydroxyl groups is 1. The summed E-state index contributed by atoms with van der Waals surface area (Å²) in [6, 6.07) is 9.09. The van der Waals surface area contributed by atoms with Crippen LogP contribution in [-0.4, -0.2) is 26.9 Å². The molecule has 0 aliphatic heterocycles. The van der Waals surface area contributed by atoms with Crippen LogP contribution in [-0.2, 0) is 22.0 Å². The average molecular weight is 468 g/mol. The second-order valence-corrected chi connectivity index (χ2v) is 10.3. The predicted octanol–water partition coefficient (Wildman–Crippen LogP) is 4.79. The molecule has 0 fully saturated rings. The maximum atomic E-state index is 11.4. The molecule has 0 saturated heterocycles. The van der Waals surface area contributed by atoms with Crippen molar-refractivity contribution in [2.24, 2.45) is 0 Å². The topological polar surface area (TPSA) is 75.6 Å². The van der Waals surface area contributed by atoms with Crippen LogP contribution in [0.4, 0.5) is 5.69 Å². The van der Waals surface area contributed by atoms with Crippen molar-refractivity contribution in [2.45, 2.75) is 32.8 Å². The first kappa shape index (κ1) is 22.5. The summed E-state index contributed by atoms with van der Waals surface area (Å²) in [5, 5.41) is 9.69. The Hall–Kier alpha value is -1.83. The molecule has 0 spiro atoms. The summed E-state index contributed by atoms with van der Waals surface area (Å²) in [4.78, 5) is 0. The standard InChI is InChI=1S/C21H26BrNO4S/c1-21(2,3)19-12-17(22)10-15(20(19)27-4)7-6-14-8-9-18(11-16(14)13-24)23-28(5,25)26/h6-12,23-24H,13H2,1-5H3. The third-order valence-electron chi connectivity index (χ3n) is 4.15. The van der Waals surface area contributed by atoms with Gasteiger partial charge in [-0.05, 0) is 40.8 Å². The second-order valence-electron chi connectivity index (χ2n) is 7.61. The molecule has 0 amide bonds. The highest BCUT2D eigenvalue weighted by Crippen LogP contribution is 2.37. The van der Waals surface area contributed by atoms with Crippen LogP contribution < -0.4 is 9.46 Å². The Morgan fingerprint density at radius 2 is 1.79 bits per heavy atom. The SMILES string of the molecule is COc1c(C=Cc2ccc(NS(C)(=O)=O)cc2CO)cc(Br)cc1C(C)(C)C. The minimum atomic E-state index is -3.37. The van der Waals surface area contributed by atoms with Crippen molar-refractivity contribution in [3.63, 3.8) is 0 Å². The quantitative estimate of drug-likeness (QED) is 0.598. The molecule has 2 aromatic rings. The Kier molecular flexibility index (Phi) is 6.96. The molecule has 2 N–H and O–H groups in total. The van der Waals surface area contributed by atoms with Crippen LogP contribution in [0.15, 0.2) is 34.8 Å². The van der Waals surface area contributed by atoms with Crippen molar-refractivity contribution in [3.05, 3.63) is 57.1 Å². The summed E-state index contributed by atoms with van der Waals surface area (Å²) >= 11 is 3.57. The lowest BCUT2D eigenvalue weighted by atomic mass is 9.85. The normalized spacial score (nSPS) is 12.4. The lowest BCUT2D eigenvalue weighted by Gasteiger charge is -2.24. The van der Waals surface area contributed by atoms with E-state index in [1.807, 2.05) is 18.2 Å². The number of anilines is 1. The van der Waals surface area contributed by atoms with E-state index < -0.39 is 10.0 Å². The van der Waals surface area contributed by atoms with Crippen LogP contribution in [0.5, 0.6) is 5.75 Å². The first-order valence-electron chi connectivity index (χ1n) is 8.72. The van der Waals surface area contributed by atoms with Gasteiger partial charge in [-0.25, -0.2) is 8.42 Å². The molecule has 0 atom stereocenters. The van der Waals surface area contributed by atoms with Crippen molar-refractivity contribution in [1.82, 2.24) is 0 Å². The lowest BCUT2D eigenvalue weighted by Crippen LogP contribution is -2.13. The van der Waals surface area contributed by atoms with Crippen molar-refractivity contribution >= 4 is 43.8 Å². The van der Waals surface area contributed by atoms with Crippen LogP contribution in [0.3, 0.4) is 0 Å². The van der Waals surface area contributed by atoms with Gasteiger partial charge in [-0.3, -0.25) is 4.72 Å². The summed E-state index contributed by atoms with van der Waals surface area (Å²) in [6.45, 7) is 6.17. The van der Waals surface area contributed by atoms with Crippen molar-refractivity contribution in [1.29, 1.82) is 0 Å². The van der Waals surface area contributed by atoms with Crippen LogP contribution >= 0.6 is 15.9 Å². The Labute approximate surface area is 175 Å². The second kappa shape index (κ2) is 8.68. The molecule has 0 bridgehead atoms. The van der Waals surface area contributed by atoms with Crippen LogP contribution in [0, 0.1) is 0 Å². The van der Waals surface area contributed by atoms with E-state index in [1.54, 1.807) is 25.3 Å². The molecule has 0 aromatic heterocycles. The number of hydrogen-bond acceptors (Lipinski definition) is 4. The van der Waals surface area contributed by atoms with Crippen molar-refractivity contribution in [3.8, 4) is 5.75 Å². The molecule has 0 unspecified atom stereocenters. The summed E-state index contributed by atoms with van der Waals surface area (Å²) in [5.41, 5.74) is 3.73. The van der Waals surface area contributed by atoms with Gasteiger partial charge >= 0.3 is 0 Å². The molecule has 28 heavy (non-hydrogen) atoms. The van der Waals surface area contributed by atoms with E-state index in [9.17, 15) is 13.5 Å². The first-order chi connectivity index (χ1) is 12.9. The van der Waals surface area contributed by atoms with Crippen molar-refractivity contribution in [2.75, 3.05) is 18.1 Å². The Morgan fingerprint density at radius 1 is 1.14 bits per heavy atom. The summed E-state index contributed by atoms with van der Waals surface area (Å²) in [7, 11) is -1.72. The fourth-order valence-electron chi connectivity index (χ4n) is 2.89. The van der Waals surface area contributed by atoms with Gasteiger partial charge in [-0.15, -0.1) is 0 Å². The Bertz CT molecular complexity index is 992. The highest BCUT2D eigenvalue weighted by atomic mass is 79.9. The largest absolute Gasteiger partial charge is 0.496 e. The summed E-state index contributed by atoms with van der Waals surface area (Å²) in [5.74, 6) is 0.799. The molecule has 0 heterocycles. The van der Waals surface area contributed by atoms with Crippen molar-refractivity contribution < 1.29 is 18.3 Å². The van der Waals surface area contributed by atoms with E-state index >= 15 is 0 Å². The van der Waals surface area contributed by atoms with Gasteiger partial charge in [-0.1, -0.05) is 54.9 Å². The van der Waals surface area contributed by atoms with E-state index in [0.29, 0.717) is 11.3 Å².